The van der Waals surface area contributed by atoms with Crippen LogP contribution in [-0.4, -0.2) is 45.3 Å². The average Bonchev–Trinajstić information content (AvgIpc) is 3.43. The molecule has 2 aromatic carbocycles. The van der Waals surface area contributed by atoms with E-state index in [0.717, 1.165) is 22.3 Å². The van der Waals surface area contributed by atoms with E-state index in [0.29, 0.717) is 17.3 Å². The number of thioether (sulfide) groups is 1. The highest BCUT2D eigenvalue weighted by atomic mass is 32.2. The van der Waals surface area contributed by atoms with Gasteiger partial charge in [0.15, 0.2) is 11.0 Å². The van der Waals surface area contributed by atoms with Crippen LogP contribution < -0.4 is 15.1 Å². The van der Waals surface area contributed by atoms with Crippen LogP contribution in [0, 0.1) is 0 Å². The van der Waals surface area contributed by atoms with Crippen molar-refractivity contribution in [3.8, 4) is 5.75 Å². The van der Waals surface area contributed by atoms with Crippen molar-refractivity contribution in [3.63, 3.8) is 0 Å². The smallest absolute Gasteiger partial charge is 0.276 e. The van der Waals surface area contributed by atoms with Gasteiger partial charge >= 0.3 is 0 Å². The predicted octanol–water partition coefficient (Wildman–Crippen LogP) is 3.50. The number of benzene rings is 2. The standard InChI is InChI=1S/C23H21N5O3S/c1-2-31-16-9-7-15(8-10-16)27-11-12-28-21(22(27)30)25-26-23(28)32-14-20(29)18-13-24-19-6-4-3-5-17(18)19/h3-13,21,24-25H,2,14H2,1H3. The number of nitrogens with one attached hydrogen (secondary N) is 2. The number of ketones is 1. The van der Waals surface area contributed by atoms with E-state index in [1.807, 2.05) is 55.5 Å². The highest BCUT2D eigenvalue weighted by Gasteiger charge is 2.38. The number of carbonyl (C=O) groups is 2. The Hall–Kier alpha value is -3.72. The molecule has 162 valence electrons. The molecule has 1 unspecified atom stereocenters. The summed E-state index contributed by atoms with van der Waals surface area (Å²) in [7, 11) is 0. The third-order valence-electron chi connectivity index (χ3n) is 5.28. The number of amidine groups is 1. The second kappa shape index (κ2) is 8.43. The van der Waals surface area contributed by atoms with E-state index in [4.69, 9.17) is 4.74 Å². The monoisotopic (exact) mass is 447 g/mol. The maximum Gasteiger partial charge on any atom is 0.276 e. The van der Waals surface area contributed by atoms with Gasteiger partial charge in [-0.15, -0.1) is 0 Å². The lowest BCUT2D eigenvalue weighted by molar-refractivity contribution is -0.122. The molecule has 2 aliphatic rings. The van der Waals surface area contributed by atoms with Crippen LogP contribution in [0.2, 0.25) is 0 Å². The van der Waals surface area contributed by atoms with Crippen molar-refractivity contribution >= 4 is 45.2 Å². The fraction of sp³-hybridized carbons (Fsp3) is 0.174. The Labute approximate surface area is 188 Å². The molecule has 0 saturated carbocycles. The van der Waals surface area contributed by atoms with Gasteiger partial charge in [-0.05, 0) is 37.3 Å². The molecule has 0 radical (unpaired) electrons. The first-order chi connectivity index (χ1) is 15.7. The van der Waals surface area contributed by atoms with E-state index < -0.39 is 6.17 Å². The van der Waals surface area contributed by atoms with Crippen LogP contribution in [0.5, 0.6) is 5.75 Å². The van der Waals surface area contributed by atoms with Gasteiger partial charge in [0.1, 0.15) is 5.75 Å². The lowest BCUT2D eigenvalue weighted by Crippen LogP contribution is -2.52. The van der Waals surface area contributed by atoms with Crippen molar-refractivity contribution in [2.45, 2.75) is 13.1 Å². The van der Waals surface area contributed by atoms with Crippen LogP contribution >= 0.6 is 11.8 Å². The number of carbonyl (C=O) groups excluding carboxylic acids is 2. The zero-order valence-corrected chi connectivity index (χ0v) is 18.1. The summed E-state index contributed by atoms with van der Waals surface area (Å²) in [6.45, 7) is 2.51. The van der Waals surface area contributed by atoms with Crippen molar-refractivity contribution in [3.05, 3.63) is 72.7 Å². The number of anilines is 1. The van der Waals surface area contributed by atoms with Crippen LogP contribution in [0.1, 0.15) is 17.3 Å². The lowest BCUT2D eigenvalue weighted by atomic mass is 10.1. The molecule has 8 nitrogen and oxygen atoms in total. The van der Waals surface area contributed by atoms with Crippen molar-refractivity contribution in [2.24, 2.45) is 5.10 Å². The number of Topliss-reactive ketones (excluding diaryl/α,β-unsaturated/α-hetero) is 1. The second-order valence-electron chi connectivity index (χ2n) is 7.23. The summed E-state index contributed by atoms with van der Waals surface area (Å²) in [5.41, 5.74) is 5.21. The summed E-state index contributed by atoms with van der Waals surface area (Å²) >= 11 is 1.30. The molecule has 0 spiro atoms. The number of nitrogens with zero attached hydrogens (tertiary/aromatic N) is 3. The van der Waals surface area contributed by atoms with Gasteiger partial charge in [-0.25, -0.2) is 0 Å². The number of rotatable bonds is 6. The molecule has 0 bridgehead atoms. The first-order valence-electron chi connectivity index (χ1n) is 10.2. The van der Waals surface area contributed by atoms with Gasteiger partial charge in [0.25, 0.3) is 5.91 Å². The highest BCUT2D eigenvalue weighted by molar-refractivity contribution is 8.14. The average molecular weight is 448 g/mol. The van der Waals surface area contributed by atoms with E-state index in [-0.39, 0.29) is 17.4 Å². The van der Waals surface area contributed by atoms with E-state index >= 15 is 0 Å². The number of hydrogen-bond donors (Lipinski definition) is 2. The maximum absolute atomic E-state index is 13.0. The zero-order chi connectivity index (χ0) is 22.1. The van der Waals surface area contributed by atoms with Crippen LogP contribution in [0.4, 0.5) is 5.69 Å². The molecule has 1 atom stereocenters. The Bertz CT molecular complexity index is 1230. The van der Waals surface area contributed by atoms with Gasteiger partial charge < -0.3 is 9.72 Å². The molecule has 9 heteroatoms. The molecule has 3 heterocycles. The van der Waals surface area contributed by atoms with Gasteiger partial charge in [0.05, 0.1) is 12.4 Å². The third-order valence-corrected chi connectivity index (χ3v) is 6.24. The Kier molecular flexibility index (Phi) is 5.32. The van der Waals surface area contributed by atoms with Gasteiger partial charge in [-0.2, -0.15) is 5.10 Å². The minimum atomic E-state index is -0.641. The van der Waals surface area contributed by atoms with Gasteiger partial charge in [-0.3, -0.25) is 24.8 Å². The molecular weight excluding hydrogens is 426 g/mol. The van der Waals surface area contributed by atoms with Crippen LogP contribution in [0.25, 0.3) is 10.9 Å². The Morgan fingerprint density at radius 2 is 1.97 bits per heavy atom. The quantitative estimate of drug-likeness (QED) is 0.562. The number of aromatic amines is 1. The number of para-hydroxylation sites is 1. The minimum absolute atomic E-state index is 0.00179. The summed E-state index contributed by atoms with van der Waals surface area (Å²) in [5, 5.41) is 5.78. The van der Waals surface area contributed by atoms with Gasteiger partial charge in [0, 0.05) is 40.8 Å². The molecule has 5 rings (SSSR count). The summed E-state index contributed by atoms with van der Waals surface area (Å²) in [5.74, 6) is 0.823. The molecule has 1 aromatic heterocycles. The third kappa shape index (κ3) is 3.60. The second-order valence-corrected chi connectivity index (χ2v) is 8.17. The van der Waals surface area contributed by atoms with E-state index in [1.54, 1.807) is 28.4 Å². The maximum atomic E-state index is 13.0. The Morgan fingerprint density at radius 3 is 2.78 bits per heavy atom. The number of fused-ring (bicyclic) bond motifs is 2. The lowest BCUT2D eigenvalue weighted by Gasteiger charge is -2.31. The molecule has 0 saturated heterocycles. The van der Waals surface area contributed by atoms with E-state index in [2.05, 4.69) is 15.5 Å². The minimum Gasteiger partial charge on any atom is -0.494 e. The molecule has 2 aliphatic heterocycles. The van der Waals surface area contributed by atoms with Gasteiger partial charge in [0.2, 0.25) is 6.17 Å². The zero-order valence-electron chi connectivity index (χ0n) is 17.3. The van der Waals surface area contributed by atoms with E-state index in [9.17, 15) is 9.59 Å². The first kappa shape index (κ1) is 20.2. The first-order valence-corrected chi connectivity index (χ1v) is 11.2. The number of amides is 1. The fourth-order valence-electron chi connectivity index (χ4n) is 3.71. The Balaban J connectivity index is 1.26. The van der Waals surface area contributed by atoms with Crippen molar-refractivity contribution < 1.29 is 14.3 Å². The van der Waals surface area contributed by atoms with Crippen molar-refractivity contribution in [1.82, 2.24) is 15.3 Å². The van der Waals surface area contributed by atoms with Crippen molar-refractivity contribution in [1.29, 1.82) is 0 Å². The number of hydrogen-bond acceptors (Lipinski definition) is 7. The topological polar surface area (TPSA) is 90.0 Å². The molecule has 0 aliphatic carbocycles. The fourth-order valence-corrected chi connectivity index (χ4v) is 4.56. The summed E-state index contributed by atoms with van der Waals surface area (Å²) in [6, 6.07) is 15.1. The van der Waals surface area contributed by atoms with Crippen LogP contribution in [0.3, 0.4) is 0 Å². The molecule has 32 heavy (non-hydrogen) atoms. The number of H-pyrrole nitrogens is 1. The molecule has 3 aromatic rings. The summed E-state index contributed by atoms with van der Waals surface area (Å²) < 4.78 is 5.46. The van der Waals surface area contributed by atoms with E-state index in [1.165, 1.54) is 11.8 Å². The number of aromatic nitrogens is 1. The summed E-state index contributed by atoms with van der Waals surface area (Å²) in [6.07, 6.45) is 4.60. The molecular formula is C23H21N5O3S. The normalized spacial score (nSPS) is 17.3. The Morgan fingerprint density at radius 1 is 1.16 bits per heavy atom. The summed E-state index contributed by atoms with van der Waals surface area (Å²) in [4.78, 5) is 32.2. The highest BCUT2D eigenvalue weighted by Crippen LogP contribution is 2.28. The van der Waals surface area contributed by atoms with Gasteiger partial charge in [-0.1, -0.05) is 30.0 Å². The SMILES string of the molecule is CCOc1ccc(N2C=CN3C(SCC(=O)c4c[nH]c5ccccc45)=NNC3C2=O)cc1. The molecule has 1 amide bonds. The van der Waals surface area contributed by atoms with Crippen LogP contribution in [-0.2, 0) is 4.79 Å². The molecule has 0 fully saturated rings. The van der Waals surface area contributed by atoms with Crippen molar-refractivity contribution in [2.75, 3.05) is 17.3 Å². The largest absolute Gasteiger partial charge is 0.494 e. The number of hydrazone groups is 1. The predicted molar refractivity (Wildman–Crippen MR) is 126 cm³/mol. The number of ether oxygens (including phenoxy) is 1. The van der Waals surface area contributed by atoms with Crippen LogP contribution in [0.15, 0.2) is 72.2 Å². The molecule has 2 N–H and O–H groups in total.